The Kier molecular flexibility index (Phi) is 5.09. The van der Waals surface area contributed by atoms with E-state index in [1.807, 2.05) is 30.5 Å². The van der Waals surface area contributed by atoms with Gasteiger partial charge in [-0.25, -0.2) is 0 Å². The maximum absolute atomic E-state index is 11.3. The predicted molar refractivity (Wildman–Crippen MR) is 107 cm³/mol. The van der Waals surface area contributed by atoms with Crippen molar-refractivity contribution in [3.8, 4) is 0 Å². The summed E-state index contributed by atoms with van der Waals surface area (Å²) in [5.41, 5.74) is 2.86. The Morgan fingerprint density at radius 2 is 1.62 bits per heavy atom. The van der Waals surface area contributed by atoms with Crippen LogP contribution in [0.2, 0.25) is 0 Å². The lowest BCUT2D eigenvalue weighted by molar-refractivity contribution is -0.385. The van der Waals surface area contributed by atoms with Crippen LogP contribution in [0.4, 0.5) is 11.4 Å². The Balaban J connectivity index is 1.75. The van der Waals surface area contributed by atoms with Crippen molar-refractivity contribution < 1.29 is 9.85 Å². The van der Waals surface area contributed by atoms with Gasteiger partial charge >= 0.3 is 0 Å². The molecule has 29 heavy (non-hydrogen) atoms. The fourth-order valence-electron chi connectivity index (χ4n) is 4.00. The normalized spacial score (nSPS) is 16.8. The number of aromatic nitrogens is 1. The van der Waals surface area contributed by atoms with Gasteiger partial charge in [0.05, 0.1) is 15.9 Å². The van der Waals surface area contributed by atoms with Crippen molar-refractivity contribution in [2.24, 2.45) is 0 Å². The molecule has 2 heterocycles. The third-order valence-electron chi connectivity index (χ3n) is 5.26. The summed E-state index contributed by atoms with van der Waals surface area (Å²) in [6.07, 6.45) is 2.94. The molecule has 0 spiro atoms. The van der Waals surface area contributed by atoms with E-state index in [9.17, 15) is 20.2 Å². The van der Waals surface area contributed by atoms with E-state index >= 15 is 0 Å². The molecule has 8 heteroatoms. The summed E-state index contributed by atoms with van der Waals surface area (Å²) < 4.78 is 2.18. The molecule has 0 amide bonds. The van der Waals surface area contributed by atoms with Crippen molar-refractivity contribution in [1.29, 1.82) is 0 Å². The van der Waals surface area contributed by atoms with Crippen LogP contribution in [-0.4, -0.2) is 25.9 Å². The Labute approximate surface area is 167 Å². The topological polar surface area (TPSA) is 94.5 Å². The van der Waals surface area contributed by atoms with E-state index in [4.69, 9.17) is 0 Å². The van der Waals surface area contributed by atoms with E-state index in [0.717, 1.165) is 36.3 Å². The molecular weight excluding hydrogens is 372 g/mol. The van der Waals surface area contributed by atoms with Crippen LogP contribution in [0.3, 0.4) is 0 Å². The van der Waals surface area contributed by atoms with Crippen molar-refractivity contribution in [3.63, 3.8) is 0 Å². The van der Waals surface area contributed by atoms with Crippen LogP contribution in [0.5, 0.6) is 0 Å². The maximum atomic E-state index is 11.3. The summed E-state index contributed by atoms with van der Waals surface area (Å²) in [5.74, 6) is 0. The van der Waals surface area contributed by atoms with E-state index < -0.39 is 4.92 Å². The average Bonchev–Trinajstić information content (AvgIpc) is 3.09. The SMILES string of the molecule is O=[N+]([O-])c1cccc(CN2CCCn3cccc3[C@H]2c2cccc([N+](=O)[O-])c2)c1. The first-order valence-electron chi connectivity index (χ1n) is 9.40. The molecule has 2 aromatic carbocycles. The number of rotatable bonds is 5. The molecule has 8 nitrogen and oxygen atoms in total. The summed E-state index contributed by atoms with van der Waals surface area (Å²) in [4.78, 5) is 23.9. The molecule has 0 saturated heterocycles. The van der Waals surface area contributed by atoms with E-state index in [0.29, 0.717) is 6.54 Å². The first-order chi connectivity index (χ1) is 14.0. The molecule has 0 bridgehead atoms. The molecule has 0 aliphatic carbocycles. The van der Waals surface area contributed by atoms with Gasteiger partial charge in [0, 0.05) is 55.8 Å². The van der Waals surface area contributed by atoms with Crippen LogP contribution in [0.1, 0.15) is 29.3 Å². The number of hydrogen-bond acceptors (Lipinski definition) is 5. The van der Waals surface area contributed by atoms with Crippen LogP contribution in [0.25, 0.3) is 0 Å². The monoisotopic (exact) mass is 392 g/mol. The van der Waals surface area contributed by atoms with Gasteiger partial charge in [-0.1, -0.05) is 24.3 Å². The molecule has 0 fully saturated rings. The standard InChI is InChI=1S/C21H20N4O4/c26-24(27)18-7-1-5-16(13-18)15-23-12-4-11-22-10-3-9-20(22)21(23)17-6-2-8-19(14-17)25(28)29/h1-3,5-10,13-14,21H,4,11-12,15H2/t21-/m1/s1. The number of non-ortho nitro benzene ring substituents is 2. The molecule has 0 N–H and O–H groups in total. The zero-order chi connectivity index (χ0) is 20.4. The smallest absolute Gasteiger partial charge is 0.269 e. The van der Waals surface area contributed by atoms with Gasteiger partial charge in [0.1, 0.15) is 0 Å². The Bertz CT molecular complexity index is 1060. The number of nitrogens with zero attached hydrogens (tertiary/aromatic N) is 4. The molecule has 1 atom stereocenters. The van der Waals surface area contributed by atoms with E-state index in [2.05, 4.69) is 9.47 Å². The first kappa shape index (κ1) is 18.8. The van der Waals surface area contributed by atoms with Crippen molar-refractivity contribution in [2.75, 3.05) is 6.54 Å². The lowest BCUT2D eigenvalue weighted by atomic mass is 10.0. The van der Waals surface area contributed by atoms with Gasteiger partial charge in [0.25, 0.3) is 11.4 Å². The predicted octanol–water partition coefficient (Wildman–Crippen LogP) is 4.30. The summed E-state index contributed by atoms with van der Waals surface area (Å²) >= 11 is 0. The van der Waals surface area contributed by atoms with E-state index in [1.165, 1.54) is 12.1 Å². The van der Waals surface area contributed by atoms with Gasteiger partial charge in [0.15, 0.2) is 0 Å². The van der Waals surface area contributed by atoms with E-state index in [-0.39, 0.29) is 22.3 Å². The fourth-order valence-corrected chi connectivity index (χ4v) is 4.00. The average molecular weight is 392 g/mol. The zero-order valence-corrected chi connectivity index (χ0v) is 15.7. The van der Waals surface area contributed by atoms with Gasteiger partial charge in [-0.3, -0.25) is 25.1 Å². The van der Waals surface area contributed by atoms with Gasteiger partial charge < -0.3 is 4.57 Å². The van der Waals surface area contributed by atoms with Crippen molar-refractivity contribution in [2.45, 2.75) is 25.6 Å². The summed E-state index contributed by atoms with van der Waals surface area (Å²) in [6, 6.07) is 17.2. The van der Waals surface area contributed by atoms with Crippen LogP contribution in [-0.2, 0) is 13.1 Å². The Morgan fingerprint density at radius 3 is 2.38 bits per heavy atom. The first-order valence-corrected chi connectivity index (χ1v) is 9.40. The summed E-state index contributed by atoms with van der Waals surface area (Å²) in [6.45, 7) is 2.15. The number of benzene rings is 2. The highest BCUT2D eigenvalue weighted by Crippen LogP contribution is 2.34. The second kappa shape index (κ2) is 7.84. The number of fused-ring (bicyclic) bond motifs is 1. The second-order valence-corrected chi connectivity index (χ2v) is 7.13. The molecule has 148 valence electrons. The zero-order valence-electron chi connectivity index (χ0n) is 15.7. The van der Waals surface area contributed by atoms with Crippen LogP contribution >= 0.6 is 0 Å². The number of nitro benzene ring substituents is 2. The lowest BCUT2D eigenvalue weighted by Gasteiger charge is -2.30. The Morgan fingerprint density at radius 1 is 0.897 bits per heavy atom. The molecule has 4 rings (SSSR count). The van der Waals surface area contributed by atoms with E-state index in [1.54, 1.807) is 24.3 Å². The third-order valence-corrected chi connectivity index (χ3v) is 5.26. The Hall–Kier alpha value is -3.52. The van der Waals surface area contributed by atoms with Gasteiger partial charge in [-0.05, 0) is 29.7 Å². The molecule has 3 aromatic rings. The highest BCUT2D eigenvalue weighted by molar-refractivity contribution is 5.40. The van der Waals surface area contributed by atoms with Crippen molar-refractivity contribution in [1.82, 2.24) is 9.47 Å². The fraction of sp³-hybridized carbons (Fsp3) is 0.238. The third kappa shape index (κ3) is 3.88. The van der Waals surface area contributed by atoms with Gasteiger partial charge in [-0.15, -0.1) is 0 Å². The highest BCUT2D eigenvalue weighted by Gasteiger charge is 2.28. The maximum Gasteiger partial charge on any atom is 0.269 e. The summed E-state index contributed by atoms with van der Waals surface area (Å²) in [7, 11) is 0. The summed E-state index contributed by atoms with van der Waals surface area (Å²) in [5, 5.41) is 22.4. The van der Waals surface area contributed by atoms with Gasteiger partial charge in [-0.2, -0.15) is 0 Å². The number of hydrogen-bond donors (Lipinski definition) is 0. The second-order valence-electron chi connectivity index (χ2n) is 7.13. The molecule has 1 aliphatic heterocycles. The highest BCUT2D eigenvalue weighted by atomic mass is 16.6. The molecule has 0 radical (unpaired) electrons. The van der Waals surface area contributed by atoms with Crippen LogP contribution in [0, 0.1) is 20.2 Å². The largest absolute Gasteiger partial charge is 0.350 e. The van der Waals surface area contributed by atoms with Crippen molar-refractivity contribution >= 4 is 11.4 Å². The molecule has 0 saturated carbocycles. The minimum atomic E-state index is -0.394. The molecule has 1 aromatic heterocycles. The quantitative estimate of drug-likeness (QED) is 0.477. The van der Waals surface area contributed by atoms with Crippen molar-refractivity contribution in [3.05, 3.63) is 104 Å². The molecule has 1 aliphatic rings. The number of nitro groups is 2. The van der Waals surface area contributed by atoms with Crippen LogP contribution in [0.15, 0.2) is 66.9 Å². The molecular formula is C21H20N4O4. The van der Waals surface area contributed by atoms with Gasteiger partial charge in [0.2, 0.25) is 0 Å². The minimum Gasteiger partial charge on any atom is -0.350 e. The molecule has 0 unspecified atom stereocenters. The van der Waals surface area contributed by atoms with Crippen LogP contribution < -0.4 is 0 Å². The minimum absolute atomic E-state index is 0.0557. The lowest BCUT2D eigenvalue weighted by Crippen LogP contribution is -2.29. The number of aryl methyl sites for hydroxylation is 1.